The van der Waals surface area contributed by atoms with E-state index in [0.29, 0.717) is 16.8 Å². The van der Waals surface area contributed by atoms with Crippen LogP contribution in [0.1, 0.15) is 31.1 Å². The molecule has 6 heteroatoms. The Balaban J connectivity index is 0.000000260. The van der Waals surface area contributed by atoms with E-state index in [1.54, 1.807) is 12.4 Å². The van der Waals surface area contributed by atoms with Crippen LogP contribution in [0.5, 0.6) is 0 Å². The fraction of sp³-hybridized carbons (Fsp3) is 0.300. The topological polar surface area (TPSA) is 79.4 Å². The van der Waals surface area contributed by atoms with Crippen molar-refractivity contribution in [3.8, 4) is 5.69 Å². The van der Waals surface area contributed by atoms with Crippen LogP contribution in [0.4, 0.5) is 5.69 Å². The van der Waals surface area contributed by atoms with Crippen LogP contribution in [-0.4, -0.2) is 35.3 Å². The zero-order valence-electron chi connectivity index (χ0n) is 15.4. The third-order valence-corrected chi connectivity index (χ3v) is 3.73. The van der Waals surface area contributed by atoms with Crippen molar-refractivity contribution in [2.24, 2.45) is 0 Å². The molecule has 0 aliphatic heterocycles. The van der Waals surface area contributed by atoms with Gasteiger partial charge in [-0.3, -0.25) is 9.36 Å². The average Bonchev–Trinajstić information content (AvgIpc) is 3.07. The van der Waals surface area contributed by atoms with Gasteiger partial charge in [-0.25, -0.2) is 4.98 Å². The van der Waals surface area contributed by atoms with Gasteiger partial charge in [0.2, 0.25) is 0 Å². The van der Waals surface area contributed by atoms with Crippen molar-refractivity contribution in [2.75, 3.05) is 18.9 Å². The van der Waals surface area contributed by atoms with Gasteiger partial charge in [0.05, 0.1) is 22.4 Å². The molecule has 0 atom stereocenters. The van der Waals surface area contributed by atoms with E-state index in [1.165, 1.54) is 0 Å². The van der Waals surface area contributed by atoms with Crippen molar-refractivity contribution in [3.05, 3.63) is 54.4 Å². The van der Waals surface area contributed by atoms with E-state index in [-0.39, 0.29) is 6.29 Å². The summed E-state index contributed by atoms with van der Waals surface area (Å²) in [4.78, 5) is 15.2. The lowest BCUT2D eigenvalue weighted by molar-refractivity contribution is -0.123. The molecule has 0 saturated heterocycles. The number of nitrogens with two attached hydrogens (primary N) is 1. The number of para-hydroxylation sites is 3. The molecule has 3 aromatic rings. The maximum Gasteiger partial charge on any atom is 0.154 e. The Morgan fingerprint density at radius 2 is 1.81 bits per heavy atom. The third-order valence-electron chi connectivity index (χ3n) is 3.73. The number of ether oxygens (including phenoxy) is 2. The summed E-state index contributed by atoms with van der Waals surface area (Å²) >= 11 is 0. The average molecular weight is 355 g/mol. The summed E-state index contributed by atoms with van der Waals surface area (Å²) in [5.74, 6) is 0. The van der Waals surface area contributed by atoms with Crippen LogP contribution in [0, 0.1) is 0 Å². The van der Waals surface area contributed by atoms with E-state index in [1.807, 2.05) is 61.7 Å². The van der Waals surface area contributed by atoms with E-state index < -0.39 is 0 Å². The van der Waals surface area contributed by atoms with Gasteiger partial charge in [0.1, 0.15) is 6.33 Å². The van der Waals surface area contributed by atoms with Crippen molar-refractivity contribution < 1.29 is 14.3 Å². The first-order valence-electron chi connectivity index (χ1n) is 8.61. The highest BCUT2D eigenvalue weighted by atomic mass is 16.7. The van der Waals surface area contributed by atoms with Gasteiger partial charge < -0.3 is 15.2 Å². The lowest BCUT2D eigenvalue weighted by Gasteiger charge is -2.09. The lowest BCUT2D eigenvalue weighted by Crippen LogP contribution is -2.11. The Hall–Kier alpha value is -2.70. The molecule has 6 nitrogen and oxygen atoms in total. The molecule has 0 bridgehead atoms. The summed E-state index contributed by atoms with van der Waals surface area (Å²) in [5, 5.41) is 0. The molecule has 0 spiro atoms. The highest BCUT2D eigenvalue weighted by Gasteiger charge is 2.09. The minimum Gasteiger partial charge on any atom is -0.397 e. The van der Waals surface area contributed by atoms with E-state index in [4.69, 9.17) is 15.2 Å². The molecule has 2 aromatic carbocycles. The zero-order chi connectivity index (χ0) is 18.9. The van der Waals surface area contributed by atoms with Crippen molar-refractivity contribution in [1.29, 1.82) is 0 Å². The Kier molecular flexibility index (Phi) is 7.32. The summed E-state index contributed by atoms with van der Waals surface area (Å²) in [7, 11) is 0. The van der Waals surface area contributed by atoms with E-state index >= 15 is 0 Å². The smallest absolute Gasteiger partial charge is 0.154 e. The molecule has 3 rings (SSSR count). The van der Waals surface area contributed by atoms with Gasteiger partial charge >= 0.3 is 0 Å². The monoisotopic (exact) mass is 355 g/mol. The number of fused-ring (bicyclic) bond motifs is 1. The van der Waals surface area contributed by atoms with E-state index in [9.17, 15) is 4.79 Å². The number of aromatic nitrogens is 2. The van der Waals surface area contributed by atoms with Crippen molar-refractivity contribution in [3.63, 3.8) is 0 Å². The van der Waals surface area contributed by atoms with Crippen LogP contribution in [0.25, 0.3) is 16.7 Å². The van der Waals surface area contributed by atoms with E-state index in [2.05, 4.69) is 4.98 Å². The minimum atomic E-state index is -0.0370. The highest BCUT2D eigenvalue weighted by Crippen LogP contribution is 2.23. The number of benzene rings is 2. The zero-order valence-corrected chi connectivity index (χ0v) is 15.4. The van der Waals surface area contributed by atoms with Crippen LogP contribution in [0.3, 0.4) is 0 Å². The Morgan fingerprint density at radius 1 is 1.12 bits per heavy atom. The molecule has 0 amide bonds. The normalized spacial score (nSPS) is 10.6. The SMILES string of the molecule is CCOC(C)OCC.Nc1ccccc1-n1cnc2c(C=O)cccc21. The fourth-order valence-corrected chi connectivity index (χ4v) is 2.57. The molecule has 0 aliphatic carbocycles. The van der Waals surface area contributed by atoms with E-state index in [0.717, 1.165) is 30.7 Å². The van der Waals surface area contributed by atoms with Crippen LogP contribution in [-0.2, 0) is 9.47 Å². The number of nitrogens with zero attached hydrogens (tertiary/aromatic N) is 2. The Morgan fingerprint density at radius 3 is 2.42 bits per heavy atom. The first kappa shape index (κ1) is 19.6. The highest BCUT2D eigenvalue weighted by molar-refractivity contribution is 5.95. The second kappa shape index (κ2) is 9.70. The number of nitrogen functional groups attached to an aromatic ring is 1. The van der Waals surface area contributed by atoms with Crippen molar-refractivity contribution >= 4 is 23.0 Å². The molecule has 2 N–H and O–H groups in total. The van der Waals surface area contributed by atoms with Gasteiger partial charge in [-0.15, -0.1) is 0 Å². The standard InChI is InChI=1S/C14H11N3O.C6H14O2/c15-11-5-1-2-6-12(11)17-9-16-14-10(8-18)4-3-7-13(14)17;1-4-7-6(3)8-5-2/h1-9H,15H2;6H,4-5H2,1-3H3. The molecular weight excluding hydrogens is 330 g/mol. The quantitative estimate of drug-likeness (QED) is 0.413. The number of imidazole rings is 1. The largest absolute Gasteiger partial charge is 0.397 e. The molecule has 0 unspecified atom stereocenters. The summed E-state index contributed by atoms with van der Waals surface area (Å²) in [5.41, 5.74) is 9.64. The van der Waals surface area contributed by atoms with Gasteiger partial charge in [0.15, 0.2) is 12.6 Å². The summed E-state index contributed by atoms with van der Waals surface area (Å²) in [6.07, 6.45) is 2.46. The maximum atomic E-state index is 11.0. The summed E-state index contributed by atoms with van der Waals surface area (Å²) in [6, 6.07) is 13.1. The summed E-state index contributed by atoms with van der Waals surface area (Å²) < 4.78 is 12.0. The minimum absolute atomic E-state index is 0.0370. The molecule has 0 fully saturated rings. The van der Waals surface area contributed by atoms with Crippen LogP contribution >= 0.6 is 0 Å². The number of carbonyl (C=O) groups is 1. The molecule has 26 heavy (non-hydrogen) atoms. The second-order valence-electron chi connectivity index (χ2n) is 5.48. The van der Waals surface area contributed by atoms with Gasteiger partial charge in [0.25, 0.3) is 0 Å². The Labute approximate surface area is 153 Å². The van der Waals surface area contributed by atoms with Crippen molar-refractivity contribution in [1.82, 2.24) is 9.55 Å². The molecular formula is C20H25N3O3. The predicted octanol–water partition coefficient (Wildman–Crippen LogP) is 3.83. The molecule has 1 heterocycles. The summed E-state index contributed by atoms with van der Waals surface area (Å²) in [6.45, 7) is 7.25. The number of hydrogen-bond donors (Lipinski definition) is 1. The predicted molar refractivity (Wildman–Crippen MR) is 104 cm³/mol. The lowest BCUT2D eigenvalue weighted by atomic mass is 10.2. The number of anilines is 1. The fourth-order valence-electron chi connectivity index (χ4n) is 2.57. The number of hydrogen-bond acceptors (Lipinski definition) is 5. The molecule has 0 radical (unpaired) electrons. The molecule has 138 valence electrons. The molecule has 0 saturated carbocycles. The van der Waals surface area contributed by atoms with Gasteiger partial charge in [-0.1, -0.05) is 18.2 Å². The van der Waals surface area contributed by atoms with Gasteiger partial charge in [-0.05, 0) is 45.0 Å². The molecule has 0 aliphatic rings. The number of carbonyl (C=O) groups excluding carboxylic acids is 1. The third kappa shape index (κ3) is 4.68. The number of aldehydes is 1. The van der Waals surface area contributed by atoms with Crippen LogP contribution in [0.15, 0.2) is 48.8 Å². The Bertz CT molecular complexity index is 839. The molecule has 1 aromatic heterocycles. The van der Waals surface area contributed by atoms with Gasteiger partial charge in [-0.2, -0.15) is 0 Å². The van der Waals surface area contributed by atoms with Crippen LogP contribution < -0.4 is 5.73 Å². The second-order valence-corrected chi connectivity index (χ2v) is 5.48. The maximum absolute atomic E-state index is 11.0. The van der Waals surface area contributed by atoms with Gasteiger partial charge in [0, 0.05) is 18.8 Å². The number of rotatable bonds is 6. The van der Waals surface area contributed by atoms with Crippen LogP contribution in [0.2, 0.25) is 0 Å². The first-order valence-corrected chi connectivity index (χ1v) is 8.61. The van der Waals surface area contributed by atoms with Crippen molar-refractivity contribution in [2.45, 2.75) is 27.1 Å². The first-order chi connectivity index (χ1) is 12.6.